The second kappa shape index (κ2) is 6.91. The molecular weight excluding hydrogens is 293 g/mol. The normalized spacial score (nSPS) is 12.4. The first-order valence-corrected chi connectivity index (χ1v) is 7.28. The smallest absolute Gasteiger partial charge is 0.132 e. The van der Waals surface area contributed by atoms with Crippen molar-refractivity contribution in [2.24, 2.45) is 0 Å². The van der Waals surface area contributed by atoms with Crippen LogP contribution in [0.1, 0.15) is 31.1 Å². The summed E-state index contributed by atoms with van der Waals surface area (Å²) in [5, 5.41) is 8.00. The van der Waals surface area contributed by atoms with Gasteiger partial charge >= 0.3 is 0 Å². The Morgan fingerprint density at radius 2 is 2.19 bits per heavy atom. The molecule has 0 aliphatic heterocycles. The molecule has 1 aromatic carbocycles. The molecule has 0 fully saturated rings. The van der Waals surface area contributed by atoms with Crippen LogP contribution in [0.2, 0.25) is 5.02 Å². The maximum Gasteiger partial charge on any atom is 0.132 e. The highest BCUT2D eigenvalue weighted by Gasteiger charge is 2.26. The van der Waals surface area contributed by atoms with Gasteiger partial charge in [0.2, 0.25) is 0 Å². The second-order valence-corrected chi connectivity index (χ2v) is 4.95. The van der Waals surface area contributed by atoms with E-state index in [9.17, 15) is 4.39 Å². The summed E-state index contributed by atoms with van der Waals surface area (Å²) < 4.78 is 21.5. The first-order valence-electron chi connectivity index (χ1n) is 6.90. The number of halogens is 2. The van der Waals surface area contributed by atoms with Gasteiger partial charge in [0.1, 0.15) is 11.6 Å². The zero-order valence-corrected chi connectivity index (χ0v) is 13.1. The third-order valence-corrected chi connectivity index (χ3v) is 3.63. The Balaban J connectivity index is 2.61. The van der Waals surface area contributed by atoms with E-state index in [1.165, 1.54) is 13.2 Å². The molecule has 114 valence electrons. The van der Waals surface area contributed by atoms with Crippen molar-refractivity contribution in [3.63, 3.8) is 0 Å². The Bertz CT molecular complexity index is 615. The van der Waals surface area contributed by atoms with Crippen molar-refractivity contribution in [2.75, 3.05) is 13.7 Å². The van der Waals surface area contributed by atoms with Crippen molar-refractivity contribution >= 4 is 11.6 Å². The number of hydrogen-bond acceptors (Lipinski definition) is 3. The van der Waals surface area contributed by atoms with Gasteiger partial charge in [-0.05, 0) is 25.6 Å². The summed E-state index contributed by atoms with van der Waals surface area (Å²) in [6.45, 7) is 5.24. The molecule has 1 atom stereocenters. The van der Waals surface area contributed by atoms with Crippen molar-refractivity contribution in [2.45, 2.75) is 26.4 Å². The lowest BCUT2D eigenvalue weighted by molar-refractivity contribution is 0.394. The van der Waals surface area contributed by atoms with Gasteiger partial charge in [0.05, 0.1) is 35.6 Å². The third-order valence-electron chi connectivity index (χ3n) is 3.34. The van der Waals surface area contributed by atoms with Gasteiger partial charge in [-0.15, -0.1) is 0 Å². The highest BCUT2D eigenvalue weighted by molar-refractivity contribution is 6.31. The molecule has 0 bridgehead atoms. The zero-order chi connectivity index (χ0) is 15.4. The van der Waals surface area contributed by atoms with E-state index in [0.29, 0.717) is 29.4 Å². The number of hydrogen-bond donors (Lipinski definition) is 1. The summed E-state index contributed by atoms with van der Waals surface area (Å²) in [6.07, 6.45) is 1.58. The molecule has 2 rings (SSSR count). The monoisotopic (exact) mass is 311 g/mol. The predicted octanol–water partition coefficient (Wildman–Crippen LogP) is 3.40. The van der Waals surface area contributed by atoms with E-state index in [1.807, 2.05) is 13.8 Å². The Hall–Kier alpha value is -1.59. The van der Waals surface area contributed by atoms with Crippen molar-refractivity contribution < 1.29 is 9.13 Å². The van der Waals surface area contributed by atoms with E-state index in [4.69, 9.17) is 16.3 Å². The third kappa shape index (κ3) is 3.04. The van der Waals surface area contributed by atoms with Gasteiger partial charge in [0.25, 0.3) is 0 Å². The highest BCUT2D eigenvalue weighted by atomic mass is 35.5. The second-order valence-electron chi connectivity index (χ2n) is 4.54. The van der Waals surface area contributed by atoms with Crippen LogP contribution in [0.4, 0.5) is 4.39 Å². The van der Waals surface area contributed by atoms with E-state index in [-0.39, 0.29) is 5.82 Å². The summed E-state index contributed by atoms with van der Waals surface area (Å²) in [5.74, 6) is 0.154. The van der Waals surface area contributed by atoms with Gasteiger partial charge in [0, 0.05) is 6.54 Å². The average molecular weight is 312 g/mol. The molecular formula is C15H19ClFN3O. The molecule has 1 heterocycles. The SMILES string of the molecule is CCNC(c1c(F)cccc1OC)c1c(Cl)cnn1CC. The molecule has 1 unspecified atom stereocenters. The molecule has 0 aliphatic carbocycles. The minimum atomic E-state index is -0.416. The summed E-state index contributed by atoms with van der Waals surface area (Å²) in [5.41, 5.74) is 1.18. The first kappa shape index (κ1) is 15.8. The van der Waals surface area contributed by atoms with E-state index >= 15 is 0 Å². The molecule has 0 saturated carbocycles. The maximum atomic E-state index is 14.4. The van der Waals surface area contributed by atoms with E-state index in [0.717, 1.165) is 5.69 Å². The fraction of sp³-hybridized carbons (Fsp3) is 0.400. The highest BCUT2D eigenvalue weighted by Crippen LogP contribution is 2.35. The van der Waals surface area contributed by atoms with Gasteiger partial charge in [-0.1, -0.05) is 24.6 Å². The van der Waals surface area contributed by atoms with Crippen LogP contribution in [0.5, 0.6) is 5.75 Å². The molecule has 21 heavy (non-hydrogen) atoms. The Morgan fingerprint density at radius 3 is 2.81 bits per heavy atom. The molecule has 0 radical (unpaired) electrons. The van der Waals surface area contributed by atoms with E-state index < -0.39 is 6.04 Å². The molecule has 0 aliphatic rings. The fourth-order valence-corrected chi connectivity index (χ4v) is 2.68. The van der Waals surface area contributed by atoms with Gasteiger partial charge in [-0.3, -0.25) is 4.68 Å². The molecule has 1 N–H and O–H groups in total. The van der Waals surface area contributed by atoms with Crippen molar-refractivity contribution in [3.8, 4) is 5.75 Å². The summed E-state index contributed by atoms with van der Waals surface area (Å²) >= 11 is 6.27. The summed E-state index contributed by atoms with van der Waals surface area (Å²) in [7, 11) is 1.53. The van der Waals surface area contributed by atoms with Crippen LogP contribution >= 0.6 is 11.6 Å². The minimum absolute atomic E-state index is 0.333. The standard InChI is InChI=1S/C15H19ClFN3O/c1-4-18-14(15-10(16)9-19-20(15)5-2)13-11(17)7-6-8-12(13)21-3/h6-9,14,18H,4-5H2,1-3H3. The van der Waals surface area contributed by atoms with Crippen LogP contribution in [-0.2, 0) is 6.54 Å². The van der Waals surface area contributed by atoms with Crippen LogP contribution in [0, 0.1) is 5.82 Å². The van der Waals surface area contributed by atoms with Crippen LogP contribution in [0.15, 0.2) is 24.4 Å². The number of rotatable bonds is 6. The topological polar surface area (TPSA) is 39.1 Å². The number of ether oxygens (including phenoxy) is 1. The van der Waals surface area contributed by atoms with Gasteiger partial charge in [-0.2, -0.15) is 5.10 Å². The van der Waals surface area contributed by atoms with Crippen LogP contribution in [0.3, 0.4) is 0 Å². The molecule has 4 nitrogen and oxygen atoms in total. The average Bonchev–Trinajstić information content (AvgIpc) is 2.86. The van der Waals surface area contributed by atoms with Crippen molar-refractivity contribution in [3.05, 3.63) is 46.5 Å². The number of aryl methyl sites for hydroxylation is 1. The van der Waals surface area contributed by atoms with Gasteiger partial charge in [-0.25, -0.2) is 4.39 Å². The molecule has 0 saturated heterocycles. The Morgan fingerprint density at radius 1 is 1.43 bits per heavy atom. The molecule has 2 aromatic rings. The van der Waals surface area contributed by atoms with E-state index in [2.05, 4.69) is 10.4 Å². The van der Waals surface area contributed by atoms with Gasteiger partial charge < -0.3 is 10.1 Å². The molecule has 0 amide bonds. The largest absolute Gasteiger partial charge is 0.496 e. The Labute approximate surface area is 128 Å². The number of nitrogens with one attached hydrogen (secondary N) is 1. The lowest BCUT2D eigenvalue weighted by Gasteiger charge is -2.22. The van der Waals surface area contributed by atoms with E-state index in [1.54, 1.807) is 23.0 Å². The number of benzene rings is 1. The number of nitrogens with zero attached hydrogens (tertiary/aromatic N) is 2. The molecule has 1 aromatic heterocycles. The predicted molar refractivity (Wildman–Crippen MR) is 81.4 cm³/mol. The number of aromatic nitrogens is 2. The minimum Gasteiger partial charge on any atom is -0.496 e. The maximum absolute atomic E-state index is 14.4. The lowest BCUT2D eigenvalue weighted by Crippen LogP contribution is -2.26. The fourth-order valence-electron chi connectivity index (χ4n) is 2.43. The summed E-state index contributed by atoms with van der Waals surface area (Å²) in [6, 6.07) is 4.37. The molecule has 0 spiro atoms. The van der Waals surface area contributed by atoms with Crippen molar-refractivity contribution in [1.82, 2.24) is 15.1 Å². The molecule has 6 heteroatoms. The van der Waals surface area contributed by atoms with Crippen molar-refractivity contribution in [1.29, 1.82) is 0 Å². The van der Waals surface area contributed by atoms with Crippen LogP contribution < -0.4 is 10.1 Å². The summed E-state index contributed by atoms with van der Waals surface area (Å²) in [4.78, 5) is 0. The van der Waals surface area contributed by atoms with Crippen LogP contribution in [-0.4, -0.2) is 23.4 Å². The van der Waals surface area contributed by atoms with Crippen LogP contribution in [0.25, 0.3) is 0 Å². The van der Waals surface area contributed by atoms with Gasteiger partial charge in [0.15, 0.2) is 0 Å². The number of methoxy groups -OCH3 is 1. The lowest BCUT2D eigenvalue weighted by atomic mass is 10.0. The first-order chi connectivity index (χ1) is 10.1. The quantitative estimate of drug-likeness (QED) is 0.888. The zero-order valence-electron chi connectivity index (χ0n) is 12.4. The Kier molecular flexibility index (Phi) is 5.20.